The number of pyridine rings is 2. The van der Waals surface area contributed by atoms with Crippen molar-refractivity contribution in [3.63, 3.8) is 0 Å². The SMILES string of the molecule is C.COC(=O)c1ccc(Oc2ccc3cc(O)ccc3c2F)nc1.COC(=O)c1ccc(Oc2ccc3cc(OCc4c(-c5c(Cl)cccc5Cl)noc4C4CC4)ccc3c2F)nc1.ClCc1c(-c2c(Cl)cccc2Cl)noc1C1CC1. The molecule has 2 fully saturated rings. The zero-order valence-electron chi connectivity index (χ0n) is 42.7. The number of phenolic OH excluding ortho intramolecular Hbond substituents is 1. The lowest BCUT2D eigenvalue weighted by Crippen LogP contribution is -2.02. The molecular formula is C61H47Cl5F2N4O10. The summed E-state index contributed by atoms with van der Waals surface area (Å²) in [6.45, 7) is 0.175. The number of aromatic hydroxyl groups is 1. The van der Waals surface area contributed by atoms with Gasteiger partial charge in [-0.15, -0.1) is 11.6 Å². The second kappa shape index (κ2) is 25.9. The molecule has 2 aliphatic carbocycles. The lowest BCUT2D eigenvalue weighted by molar-refractivity contribution is 0.0591. The standard InChI is InChI=1S/C30H21Cl2FN2O5.C17H12FNO4.C13H10Cl3NO.CH4/c1-37-30(36)18-8-12-25(34-14-18)39-24-11-7-17-13-19(9-10-20(17)27(24)33)38-15-21-28(35-40-29(21)16-5-6-16)26-22(31)3-2-4-23(26)32;1-22-17(21)11-3-7-15(19-9-11)23-14-6-2-10-8-12(20)4-5-13(10)16(14)18;14-6-8-12(17-18-13(8)7-4-5-7)11-9(15)2-1-3-10(11)16;/h2-4,7-14,16H,5-6,15H2,1H3;2-9,20H,1H3;1-3,7H,4-6H2;1H4. The number of hydrogen-bond acceptors (Lipinski definition) is 14. The minimum Gasteiger partial charge on any atom is -0.508 e. The van der Waals surface area contributed by atoms with Crippen LogP contribution in [0.3, 0.4) is 0 Å². The van der Waals surface area contributed by atoms with Crippen LogP contribution in [0.15, 0.2) is 143 Å². The second-order valence-electron chi connectivity index (χ2n) is 18.4. The van der Waals surface area contributed by atoms with E-state index in [0.29, 0.717) is 81.7 Å². The molecule has 2 aliphatic rings. The zero-order valence-corrected chi connectivity index (χ0v) is 46.4. The van der Waals surface area contributed by atoms with E-state index in [2.05, 4.69) is 29.8 Å². The molecule has 0 aliphatic heterocycles. The number of alkyl halides is 1. The minimum atomic E-state index is -0.554. The third kappa shape index (κ3) is 13.0. The molecule has 14 nitrogen and oxygen atoms in total. The Balaban J connectivity index is 0.000000163. The van der Waals surface area contributed by atoms with E-state index in [1.54, 1.807) is 66.7 Å². The highest BCUT2D eigenvalue weighted by Gasteiger charge is 2.35. The van der Waals surface area contributed by atoms with Gasteiger partial charge in [0.2, 0.25) is 11.8 Å². The summed E-state index contributed by atoms with van der Waals surface area (Å²) < 4.78 is 67.3. The van der Waals surface area contributed by atoms with E-state index in [4.69, 9.17) is 81.3 Å². The fourth-order valence-electron chi connectivity index (χ4n) is 8.58. The van der Waals surface area contributed by atoms with Gasteiger partial charge in [-0.25, -0.2) is 28.3 Å². The van der Waals surface area contributed by atoms with Crippen LogP contribution in [0.5, 0.6) is 34.8 Å². The number of carbonyl (C=O) groups is 2. The Labute approximate surface area is 493 Å². The summed E-state index contributed by atoms with van der Waals surface area (Å²) in [5.74, 6) is 1.51. The molecule has 0 atom stereocenters. The van der Waals surface area contributed by atoms with E-state index in [0.717, 1.165) is 48.3 Å². The Morgan fingerprint density at radius 1 is 0.598 bits per heavy atom. The largest absolute Gasteiger partial charge is 0.508 e. The van der Waals surface area contributed by atoms with E-state index >= 15 is 4.39 Å². The minimum absolute atomic E-state index is 0. The number of aromatic nitrogens is 4. The number of esters is 2. The number of nitrogens with zero attached hydrogens (tertiary/aromatic N) is 4. The molecule has 1 N–H and O–H groups in total. The summed E-state index contributed by atoms with van der Waals surface area (Å²) >= 11 is 31.3. The van der Waals surface area contributed by atoms with Crippen molar-refractivity contribution in [3.8, 4) is 57.3 Å². The number of fused-ring (bicyclic) bond motifs is 2. The summed E-state index contributed by atoms with van der Waals surface area (Å²) in [6, 6.07) is 32.3. The van der Waals surface area contributed by atoms with Crippen LogP contribution in [0.1, 0.15) is 88.3 Å². The summed E-state index contributed by atoms with van der Waals surface area (Å²) in [5.41, 5.74) is 4.76. The Morgan fingerprint density at radius 2 is 1.05 bits per heavy atom. The lowest BCUT2D eigenvalue weighted by Gasteiger charge is -2.11. The van der Waals surface area contributed by atoms with Crippen molar-refractivity contribution in [2.24, 2.45) is 0 Å². The smallest absolute Gasteiger partial charge is 0.339 e. The fraction of sp³-hybridized carbons (Fsp3) is 0.180. The highest BCUT2D eigenvalue weighted by molar-refractivity contribution is 6.40. The Hall–Kier alpha value is -7.99. The van der Waals surface area contributed by atoms with Crippen molar-refractivity contribution in [2.45, 2.75) is 57.4 Å². The molecule has 0 amide bonds. The van der Waals surface area contributed by atoms with E-state index in [-0.39, 0.29) is 60.1 Å². The predicted molar refractivity (Wildman–Crippen MR) is 309 cm³/mol. The topological polar surface area (TPSA) is 178 Å². The highest BCUT2D eigenvalue weighted by Crippen LogP contribution is 2.48. The average molecular weight is 1210 g/mol. The van der Waals surface area contributed by atoms with E-state index in [9.17, 15) is 19.1 Å². The van der Waals surface area contributed by atoms with E-state index < -0.39 is 23.6 Å². The number of phenols is 1. The van der Waals surface area contributed by atoms with Gasteiger partial charge in [-0.2, -0.15) is 0 Å². The highest BCUT2D eigenvalue weighted by atomic mass is 35.5. The number of methoxy groups -OCH3 is 2. The molecule has 21 heteroatoms. The van der Waals surface area contributed by atoms with Crippen molar-refractivity contribution in [3.05, 3.63) is 199 Å². The first-order valence-corrected chi connectivity index (χ1v) is 26.9. The third-order valence-electron chi connectivity index (χ3n) is 13.0. The Morgan fingerprint density at radius 3 is 1.49 bits per heavy atom. The van der Waals surface area contributed by atoms with Gasteiger partial charge in [0, 0.05) is 63.8 Å². The van der Waals surface area contributed by atoms with E-state index in [1.807, 2.05) is 0 Å². The van der Waals surface area contributed by atoms with Crippen LogP contribution in [-0.4, -0.2) is 51.5 Å². The predicted octanol–water partition coefficient (Wildman–Crippen LogP) is 17.9. The van der Waals surface area contributed by atoms with Gasteiger partial charge in [-0.1, -0.05) is 88.4 Å². The molecule has 6 aromatic carbocycles. The number of halogens is 7. The molecule has 0 bridgehead atoms. The van der Waals surface area contributed by atoms with Crippen LogP contribution in [0.25, 0.3) is 44.1 Å². The van der Waals surface area contributed by atoms with Crippen molar-refractivity contribution in [2.75, 3.05) is 14.2 Å². The second-order valence-corrected chi connectivity index (χ2v) is 20.3. The van der Waals surface area contributed by atoms with Gasteiger partial charge >= 0.3 is 11.9 Å². The van der Waals surface area contributed by atoms with Crippen molar-refractivity contribution < 1.29 is 56.2 Å². The first-order chi connectivity index (χ1) is 39.2. The first-order valence-electron chi connectivity index (χ1n) is 24.9. The average Bonchev–Trinajstić information content (AvgIpc) is 4.55. The van der Waals surface area contributed by atoms with E-state index in [1.165, 1.54) is 81.2 Å². The summed E-state index contributed by atoms with van der Waals surface area (Å²) in [7, 11) is 2.55. The van der Waals surface area contributed by atoms with Crippen LogP contribution < -0.4 is 14.2 Å². The maximum atomic E-state index is 15.3. The molecule has 4 aromatic heterocycles. The van der Waals surface area contributed by atoms with Gasteiger partial charge in [-0.3, -0.25) is 0 Å². The molecule has 82 heavy (non-hydrogen) atoms. The van der Waals surface area contributed by atoms with Crippen LogP contribution in [0, 0.1) is 11.6 Å². The molecular weight excluding hydrogens is 1160 g/mol. The number of rotatable bonds is 14. The van der Waals surface area contributed by atoms with Gasteiger partial charge in [0.25, 0.3) is 0 Å². The van der Waals surface area contributed by atoms with Crippen molar-refractivity contribution >= 4 is 91.5 Å². The van der Waals surface area contributed by atoms with Crippen LogP contribution in [0.2, 0.25) is 20.1 Å². The Bertz CT molecular complexity index is 3930. The fourth-order valence-corrected chi connectivity index (χ4v) is 9.99. The maximum absolute atomic E-state index is 15.3. The summed E-state index contributed by atoms with van der Waals surface area (Å²) in [4.78, 5) is 30.9. The molecule has 12 rings (SSSR count). The maximum Gasteiger partial charge on any atom is 0.339 e. The van der Waals surface area contributed by atoms with Crippen molar-refractivity contribution in [1.82, 2.24) is 20.3 Å². The normalized spacial score (nSPS) is 12.5. The van der Waals surface area contributed by atoms with Gasteiger partial charge < -0.3 is 37.8 Å². The number of ether oxygens (including phenoxy) is 5. The molecule has 0 saturated heterocycles. The number of hydrogen-bond donors (Lipinski definition) is 1. The lowest BCUT2D eigenvalue weighted by atomic mass is 10.0. The number of carbonyl (C=O) groups excluding carboxylic acids is 2. The molecule has 0 spiro atoms. The molecule has 0 radical (unpaired) electrons. The third-order valence-corrected chi connectivity index (χ3v) is 14.5. The van der Waals surface area contributed by atoms with Crippen LogP contribution in [0.4, 0.5) is 8.78 Å². The van der Waals surface area contributed by atoms with Gasteiger partial charge in [0.15, 0.2) is 23.1 Å². The van der Waals surface area contributed by atoms with Gasteiger partial charge in [0.05, 0.1) is 56.9 Å². The summed E-state index contributed by atoms with van der Waals surface area (Å²) in [5, 5.41) is 21.7. The summed E-state index contributed by atoms with van der Waals surface area (Å²) in [6.07, 6.45) is 6.89. The molecule has 10 aromatic rings. The quantitative estimate of drug-likeness (QED) is 0.0803. The van der Waals surface area contributed by atoms with Gasteiger partial charge in [-0.05, 0) is 121 Å². The van der Waals surface area contributed by atoms with Crippen molar-refractivity contribution in [1.29, 1.82) is 0 Å². The van der Waals surface area contributed by atoms with Gasteiger partial charge in [0.1, 0.15) is 41.0 Å². The van der Waals surface area contributed by atoms with Crippen LogP contribution >= 0.6 is 58.0 Å². The molecule has 4 heterocycles. The zero-order chi connectivity index (χ0) is 56.9. The molecule has 2 saturated carbocycles. The number of benzene rings is 6. The molecule has 420 valence electrons. The Kier molecular flexibility index (Phi) is 18.5. The monoisotopic (exact) mass is 1210 g/mol. The molecule has 0 unspecified atom stereocenters. The first kappa shape index (κ1) is 58.7. The van der Waals surface area contributed by atoms with Crippen LogP contribution in [-0.2, 0) is 22.0 Å².